The first-order valence-electron chi connectivity index (χ1n) is 7.04. The highest BCUT2D eigenvalue weighted by Gasteiger charge is 2.12. The minimum absolute atomic E-state index is 0.0678. The molecule has 0 unspecified atom stereocenters. The van der Waals surface area contributed by atoms with Gasteiger partial charge >= 0.3 is 0 Å². The highest BCUT2D eigenvalue weighted by Crippen LogP contribution is 2.06. The Morgan fingerprint density at radius 3 is 3.00 bits per heavy atom. The van der Waals surface area contributed by atoms with Crippen molar-refractivity contribution >= 4 is 5.91 Å². The first kappa shape index (κ1) is 14.4. The molecule has 0 aliphatic rings. The molecular formula is C15H21N3O2. The Kier molecular flexibility index (Phi) is 4.98. The SMILES string of the molecule is CCCc1cc(C(=O)NCCCc2ccco2)n(C)n1. The van der Waals surface area contributed by atoms with Crippen molar-refractivity contribution in [3.63, 3.8) is 0 Å². The summed E-state index contributed by atoms with van der Waals surface area (Å²) in [5, 5.41) is 7.25. The number of aryl methyl sites for hydroxylation is 3. The van der Waals surface area contributed by atoms with Crippen molar-refractivity contribution in [3.05, 3.63) is 41.6 Å². The first-order valence-corrected chi connectivity index (χ1v) is 7.04. The Hall–Kier alpha value is -2.04. The number of aromatic nitrogens is 2. The van der Waals surface area contributed by atoms with E-state index in [1.807, 2.05) is 18.2 Å². The summed E-state index contributed by atoms with van der Waals surface area (Å²) in [6.45, 7) is 2.73. The summed E-state index contributed by atoms with van der Waals surface area (Å²) >= 11 is 0. The minimum Gasteiger partial charge on any atom is -0.469 e. The molecule has 2 rings (SSSR count). The van der Waals surface area contributed by atoms with Crippen LogP contribution >= 0.6 is 0 Å². The molecule has 0 fully saturated rings. The third-order valence-electron chi connectivity index (χ3n) is 3.13. The molecule has 0 atom stereocenters. The van der Waals surface area contributed by atoms with Gasteiger partial charge in [-0.1, -0.05) is 13.3 Å². The lowest BCUT2D eigenvalue weighted by Crippen LogP contribution is -2.26. The van der Waals surface area contributed by atoms with Crippen LogP contribution in [0.3, 0.4) is 0 Å². The highest BCUT2D eigenvalue weighted by molar-refractivity contribution is 5.92. The molecule has 0 aliphatic carbocycles. The maximum atomic E-state index is 12.0. The van der Waals surface area contributed by atoms with Crippen LogP contribution in [0, 0.1) is 0 Å². The van der Waals surface area contributed by atoms with Crippen LogP contribution in [0.15, 0.2) is 28.9 Å². The van der Waals surface area contributed by atoms with Crippen LogP contribution in [0.25, 0.3) is 0 Å². The number of nitrogens with one attached hydrogen (secondary N) is 1. The van der Waals surface area contributed by atoms with E-state index in [1.165, 1.54) is 0 Å². The molecular weight excluding hydrogens is 254 g/mol. The van der Waals surface area contributed by atoms with Crippen molar-refractivity contribution in [1.82, 2.24) is 15.1 Å². The highest BCUT2D eigenvalue weighted by atomic mass is 16.3. The van der Waals surface area contributed by atoms with Gasteiger partial charge in [-0.25, -0.2) is 0 Å². The van der Waals surface area contributed by atoms with Crippen molar-refractivity contribution in [3.8, 4) is 0 Å². The molecule has 5 heteroatoms. The monoisotopic (exact) mass is 275 g/mol. The van der Waals surface area contributed by atoms with Gasteiger partial charge in [0.2, 0.25) is 0 Å². The second kappa shape index (κ2) is 6.93. The number of amides is 1. The van der Waals surface area contributed by atoms with Gasteiger partial charge in [0.25, 0.3) is 5.91 Å². The molecule has 0 aliphatic heterocycles. The Bertz CT molecular complexity index is 543. The van der Waals surface area contributed by atoms with Crippen molar-refractivity contribution in [2.24, 2.45) is 7.05 Å². The van der Waals surface area contributed by atoms with Crippen LogP contribution in [-0.2, 0) is 19.9 Å². The Balaban J connectivity index is 1.79. The quantitative estimate of drug-likeness (QED) is 0.789. The summed E-state index contributed by atoms with van der Waals surface area (Å²) in [6, 6.07) is 5.68. The van der Waals surface area contributed by atoms with Crippen molar-refractivity contribution in [1.29, 1.82) is 0 Å². The zero-order valence-corrected chi connectivity index (χ0v) is 12.1. The van der Waals surface area contributed by atoms with Crippen LogP contribution in [0.2, 0.25) is 0 Å². The standard InChI is InChI=1S/C15H21N3O2/c1-3-6-12-11-14(18(2)17-12)15(19)16-9-4-7-13-8-5-10-20-13/h5,8,10-11H,3-4,6-7,9H2,1-2H3,(H,16,19). The fraction of sp³-hybridized carbons (Fsp3) is 0.467. The molecule has 2 aromatic rings. The van der Waals surface area contributed by atoms with E-state index in [0.29, 0.717) is 12.2 Å². The molecule has 2 heterocycles. The van der Waals surface area contributed by atoms with Gasteiger partial charge in [-0.15, -0.1) is 0 Å². The number of nitrogens with zero attached hydrogens (tertiary/aromatic N) is 2. The first-order chi connectivity index (χ1) is 9.70. The Morgan fingerprint density at radius 2 is 2.30 bits per heavy atom. The van der Waals surface area contributed by atoms with E-state index in [4.69, 9.17) is 4.42 Å². The minimum atomic E-state index is -0.0678. The summed E-state index contributed by atoms with van der Waals surface area (Å²) < 4.78 is 6.89. The van der Waals surface area contributed by atoms with Gasteiger partial charge in [0.1, 0.15) is 11.5 Å². The Morgan fingerprint density at radius 1 is 1.45 bits per heavy atom. The predicted octanol–water partition coefficient (Wildman–Crippen LogP) is 2.33. The molecule has 0 saturated heterocycles. The van der Waals surface area contributed by atoms with Crippen LogP contribution in [0.4, 0.5) is 0 Å². The molecule has 0 bridgehead atoms. The summed E-state index contributed by atoms with van der Waals surface area (Å²) in [5.74, 6) is 0.881. The second-order valence-corrected chi connectivity index (χ2v) is 4.83. The molecule has 0 spiro atoms. The van der Waals surface area contributed by atoms with E-state index >= 15 is 0 Å². The third kappa shape index (κ3) is 3.73. The predicted molar refractivity (Wildman–Crippen MR) is 76.6 cm³/mol. The largest absolute Gasteiger partial charge is 0.469 e. The molecule has 0 aromatic carbocycles. The average Bonchev–Trinajstić information content (AvgIpc) is 3.05. The summed E-state index contributed by atoms with van der Waals surface area (Å²) in [7, 11) is 1.80. The van der Waals surface area contributed by atoms with Crippen LogP contribution in [-0.4, -0.2) is 22.2 Å². The van der Waals surface area contributed by atoms with E-state index in [-0.39, 0.29) is 5.91 Å². The number of carbonyl (C=O) groups excluding carboxylic acids is 1. The molecule has 1 amide bonds. The van der Waals surface area contributed by atoms with Crippen LogP contribution < -0.4 is 5.32 Å². The molecule has 0 radical (unpaired) electrons. The lowest BCUT2D eigenvalue weighted by atomic mass is 10.2. The zero-order chi connectivity index (χ0) is 14.4. The van der Waals surface area contributed by atoms with E-state index in [9.17, 15) is 4.79 Å². The number of rotatable bonds is 7. The summed E-state index contributed by atoms with van der Waals surface area (Å²) in [6.07, 6.45) is 5.29. The maximum absolute atomic E-state index is 12.0. The third-order valence-corrected chi connectivity index (χ3v) is 3.13. The van der Waals surface area contributed by atoms with E-state index in [1.54, 1.807) is 18.0 Å². The molecule has 1 N–H and O–H groups in total. The smallest absolute Gasteiger partial charge is 0.269 e. The molecule has 20 heavy (non-hydrogen) atoms. The lowest BCUT2D eigenvalue weighted by molar-refractivity contribution is 0.0943. The van der Waals surface area contributed by atoms with Crippen molar-refractivity contribution in [2.45, 2.75) is 32.6 Å². The van der Waals surface area contributed by atoms with Gasteiger partial charge in [-0.2, -0.15) is 5.10 Å². The van der Waals surface area contributed by atoms with E-state index in [0.717, 1.165) is 37.1 Å². The average molecular weight is 275 g/mol. The molecule has 108 valence electrons. The van der Waals surface area contributed by atoms with Gasteiger partial charge in [0.15, 0.2) is 0 Å². The number of furan rings is 1. The zero-order valence-electron chi connectivity index (χ0n) is 12.1. The molecule has 5 nitrogen and oxygen atoms in total. The van der Waals surface area contributed by atoms with Gasteiger partial charge in [-0.3, -0.25) is 9.48 Å². The second-order valence-electron chi connectivity index (χ2n) is 4.83. The van der Waals surface area contributed by atoms with Crippen LogP contribution in [0.1, 0.15) is 41.7 Å². The normalized spacial score (nSPS) is 10.7. The Labute approximate surface area is 119 Å². The van der Waals surface area contributed by atoms with Gasteiger partial charge in [0.05, 0.1) is 12.0 Å². The van der Waals surface area contributed by atoms with E-state index < -0.39 is 0 Å². The van der Waals surface area contributed by atoms with Gasteiger partial charge in [-0.05, 0) is 31.0 Å². The lowest BCUT2D eigenvalue weighted by Gasteiger charge is -2.04. The fourth-order valence-corrected chi connectivity index (χ4v) is 2.13. The van der Waals surface area contributed by atoms with Gasteiger partial charge in [0, 0.05) is 20.0 Å². The number of carbonyl (C=O) groups is 1. The number of hydrogen-bond acceptors (Lipinski definition) is 3. The molecule has 2 aromatic heterocycles. The topological polar surface area (TPSA) is 60.1 Å². The van der Waals surface area contributed by atoms with Gasteiger partial charge < -0.3 is 9.73 Å². The fourth-order valence-electron chi connectivity index (χ4n) is 2.13. The van der Waals surface area contributed by atoms with Crippen LogP contribution in [0.5, 0.6) is 0 Å². The van der Waals surface area contributed by atoms with Crippen molar-refractivity contribution < 1.29 is 9.21 Å². The summed E-state index contributed by atoms with van der Waals surface area (Å²) in [5.41, 5.74) is 1.59. The van der Waals surface area contributed by atoms with E-state index in [2.05, 4.69) is 17.3 Å². The van der Waals surface area contributed by atoms with Crippen molar-refractivity contribution in [2.75, 3.05) is 6.54 Å². The number of hydrogen-bond donors (Lipinski definition) is 1. The molecule has 0 saturated carbocycles. The maximum Gasteiger partial charge on any atom is 0.269 e. The summed E-state index contributed by atoms with van der Waals surface area (Å²) in [4.78, 5) is 12.0.